The summed E-state index contributed by atoms with van der Waals surface area (Å²) >= 11 is 0. The third-order valence-corrected chi connectivity index (χ3v) is 3.08. The first kappa shape index (κ1) is 13.6. The minimum absolute atomic E-state index is 0.223. The second-order valence-electron chi connectivity index (χ2n) is 3.20. The Morgan fingerprint density at radius 1 is 1.59 bits per heavy atom. The number of nitrogens with zero attached hydrogens (tertiary/aromatic N) is 1. The van der Waals surface area contributed by atoms with Crippen LogP contribution in [0.2, 0.25) is 0 Å². The van der Waals surface area contributed by atoms with Gasteiger partial charge in [0.15, 0.2) is 0 Å². The zero-order chi connectivity index (χ0) is 13.4. The molecule has 17 heavy (non-hydrogen) atoms. The van der Waals surface area contributed by atoms with Crippen LogP contribution < -0.4 is 0 Å². The predicted octanol–water partition coefficient (Wildman–Crippen LogP) is 1.12. The highest BCUT2D eigenvalue weighted by Gasteiger charge is 2.50. The average molecular weight is 275 g/mol. The Morgan fingerprint density at radius 3 is 2.47 bits per heavy atom. The van der Waals surface area contributed by atoms with Gasteiger partial charge in [-0.2, -0.15) is 21.6 Å². The normalized spacial score (nSPS) is 21.3. The number of hydrogen-bond donors (Lipinski definition) is 1. The van der Waals surface area contributed by atoms with Crippen LogP contribution in [0, 0.1) is 0 Å². The fourth-order valence-corrected chi connectivity index (χ4v) is 1.75. The van der Waals surface area contributed by atoms with Gasteiger partial charge >= 0.3 is 21.7 Å². The van der Waals surface area contributed by atoms with Gasteiger partial charge in [0.1, 0.15) is 5.76 Å². The lowest BCUT2D eigenvalue weighted by molar-refractivity contribution is -0.0525. The van der Waals surface area contributed by atoms with Crippen molar-refractivity contribution in [2.75, 3.05) is 6.54 Å². The lowest BCUT2D eigenvalue weighted by Gasteiger charge is -2.20. The molecule has 0 aromatic rings. The quantitative estimate of drug-likeness (QED) is 0.603. The van der Waals surface area contributed by atoms with Crippen LogP contribution in [-0.2, 0) is 14.3 Å². The molecule has 0 aliphatic carbocycles. The molecular weight excluding hydrogens is 267 g/mol. The molecule has 1 amide bonds. The van der Waals surface area contributed by atoms with Gasteiger partial charge in [-0.1, -0.05) is 0 Å². The van der Waals surface area contributed by atoms with Gasteiger partial charge in [0.05, 0.1) is 6.04 Å². The fourth-order valence-electron chi connectivity index (χ4n) is 1.19. The van der Waals surface area contributed by atoms with E-state index >= 15 is 0 Å². The van der Waals surface area contributed by atoms with Gasteiger partial charge < -0.3 is 9.29 Å². The van der Waals surface area contributed by atoms with E-state index in [9.17, 15) is 26.4 Å². The molecule has 1 N–H and O–H groups in total. The third-order valence-electron chi connectivity index (χ3n) is 2.10. The first-order chi connectivity index (χ1) is 7.56. The van der Waals surface area contributed by atoms with Crippen molar-refractivity contribution in [2.24, 2.45) is 0 Å². The summed E-state index contributed by atoms with van der Waals surface area (Å²) in [7, 11) is -5.75. The van der Waals surface area contributed by atoms with Gasteiger partial charge in [-0.05, 0) is 13.0 Å². The van der Waals surface area contributed by atoms with E-state index < -0.39 is 33.5 Å². The molecule has 0 aromatic carbocycles. The molecule has 0 bridgehead atoms. The molecule has 0 spiro atoms. The topological polar surface area (TPSA) is 83.9 Å². The minimum atomic E-state index is -5.75. The lowest BCUT2D eigenvalue weighted by atomic mass is 10.3. The highest BCUT2D eigenvalue weighted by molar-refractivity contribution is 7.87. The smallest absolute Gasteiger partial charge is 0.465 e. The Kier molecular flexibility index (Phi) is 3.28. The molecule has 0 fully saturated rings. The SMILES string of the molecule is CC1C(OS(=O)(=O)C(F)(F)F)=CCN1C(=O)O. The highest BCUT2D eigenvalue weighted by atomic mass is 32.2. The molecule has 1 heterocycles. The third kappa shape index (κ3) is 2.62. The highest BCUT2D eigenvalue weighted by Crippen LogP contribution is 2.29. The Balaban J connectivity index is 2.84. The minimum Gasteiger partial charge on any atom is -0.465 e. The second-order valence-corrected chi connectivity index (χ2v) is 4.74. The van der Waals surface area contributed by atoms with Crippen LogP contribution in [0.1, 0.15) is 6.92 Å². The van der Waals surface area contributed by atoms with Gasteiger partial charge in [0.2, 0.25) is 0 Å². The molecule has 1 atom stereocenters. The Labute approximate surface area is 94.4 Å². The van der Waals surface area contributed by atoms with E-state index in [1.165, 1.54) is 6.92 Å². The van der Waals surface area contributed by atoms with Crippen LogP contribution in [0.15, 0.2) is 11.8 Å². The first-order valence-corrected chi connectivity index (χ1v) is 5.67. The number of alkyl halides is 3. The summed E-state index contributed by atoms with van der Waals surface area (Å²) in [4.78, 5) is 11.3. The van der Waals surface area contributed by atoms with E-state index in [4.69, 9.17) is 5.11 Å². The number of carbonyl (C=O) groups is 1. The van der Waals surface area contributed by atoms with E-state index in [2.05, 4.69) is 4.18 Å². The fraction of sp³-hybridized carbons (Fsp3) is 0.571. The lowest BCUT2D eigenvalue weighted by Crippen LogP contribution is -2.36. The van der Waals surface area contributed by atoms with Gasteiger partial charge in [0.25, 0.3) is 0 Å². The standard InChI is InChI=1S/C7H8F3NO5S/c1-4-5(2-3-11(4)6(12)13)16-17(14,15)7(8,9)10/h2,4H,3H2,1H3,(H,12,13). The van der Waals surface area contributed by atoms with Crippen LogP contribution in [0.25, 0.3) is 0 Å². The number of hydrogen-bond acceptors (Lipinski definition) is 4. The van der Waals surface area contributed by atoms with Crippen molar-refractivity contribution in [3.63, 3.8) is 0 Å². The number of halogens is 3. The van der Waals surface area contributed by atoms with Crippen molar-refractivity contribution in [3.05, 3.63) is 11.8 Å². The number of carboxylic acid groups (broad SMARTS) is 1. The summed E-state index contributed by atoms with van der Waals surface area (Å²) < 4.78 is 61.2. The summed E-state index contributed by atoms with van der Waals surface area (Å²) in [5, 5.41) is 8.62. The molecule has 10 heteroatoms. The van der Waals surface area contributed by atoms with Crippen molar-refractivity contribution in [1.82, 2.24) is 4.90 Å². The zero-order valence-electron chi connectivity index (χ0n) is 8.43. The number of amides is 1. The van der Waals surface area contributed by atoms with Crippen LogP contribution in [0.3, 0.4) is 0 Å². The van der Waals surface area contributed by atoms with Gasteiger partial charge in [-0.25, -0.2) is 4.79 Å². The van der Waals surface area contributed by atoms with Crippen molar-refractivity contribution >= 4 is 16.2 Å². The summed E-state index contributed by atoms with van der Waals surface area (Å²) in [6.07, 6.45) is -0.404. The van der Waals surface area contributed by atoms with E-state index in [1.807, 2.05) is 0 Å². The van der Waals surface area contributed by atoms with Crippen LogP contribution in [0.5, 0.6) is 0 Å². The molecule has 1 unspecified atom stereocenters. The molecule has 6 nitrogen and oxygen atoms in total. The predicted molar refractivity (Wildman–Crippen MR) is 48.3 cm³/mol. The van der Waals surface area contributed by atoms with Gasteiger partial charge in [-0.15, -0.1) is 0 Å². The molecule has 0 saturated heterocycles. The Bertz CT molecular complexity index is 455. The molecule has 0 aromatic heterocycles. The Morgan fingerprint density at radius 2 is 2.12 bits per heavy atom. The number of rotatable bonds is 2. The maximum Gasteiger partial charge on any atom is 0.534 e. The monoisotopic (exact) mass is 275 g/mol. The molecule has 1 aliphatic rings. The summed E-state index contributed by atoms with van der Waals surface area (Å²) in [5.41, 5.74) is -5.54. The van der Waals surface area contributed by atoms with Gasteiger partial charge in [-0.3, -0.25) is 4.90 Å². The maximum atomic E-state index is 12.0. The summed E-state index contributed by atoms with van der Waals surface area (Å²) in [6, 6.07) is -1.08. The van der Waals surface area contributed by atoms with E-state index in [1.54, 1.807) is 0 Å². The van der Waals surface area contributed by atoms with Crippen LogP contribution in [0.4, 0.5) is 18.0 Å². The first-order valence-electron chi connectivity index (χ1n) is 4.26. The molecule has 98 valence electrons. The van der Waals surface area contributed by atoms with Crippen LogP contribution in [-0.4, -0.2) is 42.6 Å². The van der Waals surface area contributed by atoms with E-state index in [0.717, 1.165) is 11.0 Å². The van der Waals surface area contributed by atoms with Gasteiger partial charge in [0, 0.05) is 6.54 Å². The van der Waals surface area contributed by atoms with E-state index in [0.29, 0.717) is 0 Å². The van der Waals surface area contributed by atoms with Crippen molar-refractivity contribution in [1.29, 1.82) is 0 Å². The second kappa shape index (κ2) is 4.09. The van der Waals surface area contributed by atoms with E-state index in [-0.39, 0.29) is 6.54 Å². The maximum absolute atomic E-state index is 12.0. The molecular formula is C7H8F3NO5S. The largest absolute Gasteiger partial charge is 0.534 e. The Hall–Kier alpha value is -1.45. The van der Waals surface area contributed by atoms with Crippen molar-refractivity contribution in [2.45, 2.75) is 18.5 Å². The molecule has 0 saturated carbocycles. The molecule has 1 rings (SSSR count). The van der Waals surface area contributed by atoms with Crippen molar-refractivity contribution < 1.29 is 35.7 Å². The molecule has 0 radical (unpaired) electrons. The average Bonchev–Trinajstić information content (AvgIpc) is 2.45. The zero-order valence-corrected chi connectivity index (χ0v) is 9.25. The van der Waals surface area contributed by atoms with Crippen LogP contribution >= 0.6 is 0 Å². The summed E-state index contributed by atoms with van der Waals surface area (Å²) in [5.74, 6) is -0.551. The summed E-state index contributed by atoms with van der Waals surface area (Å²) in [6.45, 7) is 0.998. The molecule has 1 aliphatic heterocycles. The van der Waals surface area contributed by atoms with Crippen molar-refractivity contribution in [3.8, 4) is 0 Å².